The largest absolute Gasteiger partial charge is 0.325 e. The fraction of sp³-hybridized carbons (Fsp3) is 0.263. The third kappa shape index (κ3) is 3.05. The molecule has 1 amide bonds. The predicted molar refractivity (Wildman–Crippen MR) is 102 cm³/mol. The lowest BCUT2D eigenvalue weighted by molar-refractivity contribution is -0.119. The van der Waals surface area contributed by atoms with Crippen molar-refractivity contribution in [1.29, 1.82) is 5.26 Å². The lowest BCUT2D eigenvalue weighted by Crippen LogP contribution is -2.29. The minimum atomic E-state index is -3.73. The van der Waals surface area contributed by atoms with Gasteiger partial charge in [0.05, 0.1) is 16.7 Å². The highest BCUT2D eigenvalue weighted by molar-refractivity contribution is 7.92. The van der Waals surface area contributed by atoms with E-state index in [1.54, 1.807) is 24.3 Å². The van der Waals surface area contributed by atoms with Crippen molar-refractivity contribution in [2.24, 2.45) is 5.41 Å². The summed E-state index contributed by atoms with van der Waals surface area (Å²) in [6.45, 7) is 0.333. The van der Waals surface area contributed by atoms with E-state index < -0.39 is 15.4 Å². The molecule has 4 rings (SSSR count). The topological polar surface area (TPSA) is 90.3 Å². The van der Waals surface area contributed by atoms with Gasteiger partial charge in [-0.15, -0.1) is 0 Å². The van der Waals surface area contributed by atoms with Gasteiger partial charge in [0.2, 0.25) is 5.91 Å². The number of carbonyl (C=O) groups is 1. The highest BCUT2D eigenvalue weighted by Gasteiger charge is 2.50. The molecule has 1 heterocycles. The van der Waals surface area contributed by atoms with Crippen molar-refractivity contribution < 1.29 is 13.2 Å². The molecule has 1 aliphatic carbocycles. The Hall–Kier alpha value is -2.56. The zero-order valence-corrected chi connectivity index (χ0v) is 15.8. The van der Waals surface area contributed by atoms with Crippen molar-refractivity contribution in [3.8, 4) is 6.07 Å². The molecule has 2 aliphatic rings. The normalized spacial score (nSPS) is 17.1. The summed E-state index contributed by atoms with van der Waals surface area (Å²) in [5.74, 6) is -0.338. The first-order valence-electron chi connectivity index (χ1n) is 8.50. The number of anilines is 2. The maximum Gasteiger partial charge on any atom is 0.264 e. The number of amides is 1. The number of hydrogen-bond donors (Lipinski definition) is 1. The number of benzene rings is 2. The number of hydrogen-bond acceptors (Lipinski definition) is 4. The van der Waals surface area contributed by atoms with Gasteiger partial charge >= 0.3 is 0 Å². The van der Waals surface area contributed by atoms with E-state index in [0.29, 0.717) is 42.2 Å². The first-order chi connectivity index (χ1) is 12.9. The molecule has 6 nitrogen and oxygen atoms in total. The van der Waals surface area contributed by atoms with Crippen LogP contribution in [0.25, 0.3) is 0 Å². The highest BCUT2D eigenvalue weighted by atomic mass is 35.5. The van der Waals surface area contributed by atoms with E-state index in [1.807, 2.05) is 6.07 Å². The molecule has 27 heavy (non-hydrogen) atoms. The Morgan fingerprint density at radius 3 is 2.52 bits per heavy atom. The Morgan fingerprint density at radius 2 is 1.89 bits per heavy atom. The number of nitrogens with one attached hydrogen (secondary N) is 1. The molecule has 138 valence electrons. The van der Waals surface area contributed by atoms with Gasteiger partial charge in [-0.1, -0.05) is 17.7 Å². The number of nitrogens with zero attached hydrogens (tertiary/aromatic N) is 2. The van der Waals surface area contributed by atoms with Crippen LogP contribution in [0.1, 0.15) is 18.4 Å². The van der Waals surface area contributed by atoms with Gasteiger partial charge in [0.1, 0.15) is 5.41 Å². The van der Waals surface area contributed by atoms with E-state index >= 15 is 0 Å². The van der Waals surface area contributed by atoms with Gasteiger partial charge in [-0.05, 0) is 61.2 Å². The van der Waals surface area contributed by atoms with Crippen LogP contribution in [0.3, 0.4) is 0 Å². The number of rotatable bonds is 4. The molecule has 1 N–H and O–H groups in total. The maximum absolute atomic E-state index is 13.0. The summed E-state index contributed by atoms with van der Waals surface area (Å²) < 4.78 is 27.4. The van der Waals surface area contributed by atoms with Crippen molar-refractivity contribution >= 4 is 38.9 Å². The van der Waals surface area contributed by atoms with Crippen LogP contribution < -0.4 is 9.62 Å². The lowest BCUT2D eigenvalue weighted by atomic mass is 10.1. The fourth-order valence-electron chi connectivity index (χ4n) is 3.18. The second-order valence-electron chi connectivity index (χ2n) is 6.77. The molecule has 1 fully saturated rings. The van der Waals surface area contributed by atoms with E-state index in [9.17, 15) is 13.2 Å². The Morgan fingerprint density at radius 1 is 1.19 bits per heavy atom. The summed E-state index contributed by atoms with van der Waals surface area (Å²) in [7, 11) is -3.73. The number of halogens is 1. The molecule has 0 radical (unpaired) electrons. The average molecular weight is 402 g/mol. The van der Waals surface area contributed by atoms with Crippen LogP contribution in [0.4, 0.5) is 11.4 Å². The minimum absolute atomic E-state index is 0.163. The molecule has 0 bridgehead atoms. The standard InChI is InChI=1S/C19H16ClN3O3S/c20-14-2-5-16(6-3-14)27(25,26)23-10-7-13-1-4-15(11-17(13)23)22-18(24)19(12-21)8-9-19/h1-6,11H,7-10H2,(H,22,24). The second-order valence-corrected chi connectivity index (χ2v) is 9.07. The molecule has 0 saturated heterocycles. The van der Waals surface area contributed by atoms with Crippen LogP contribution in [-0.4, -0.2) is 20.9 Å². The van der Waals surface area contributed by atoms with Crippen LogP contribution in [-0.2, 0) is 21.2 Å². The van der Waals surface area contributed by atoms with Crippen molar-refractivity contribution in [2.45, 2.75) is 24.2 Å². The van der Waals surface area contributed by atoms with Crippen molar-refractivity contribution in [2.75, 3.05) is 16.2 Å². The molecule has 1 saturated carbocycles. The zero-order chi connectivity index (χ0) is 19.2. The van der Waals surface area contributed by atoms with Crippen LogP contribution in [0.5, 0.6) is 0 Å². The smallest absolute Gasteiger partial charge is 0.264 e. The summed E-state index contributed by atoms with van der Waals surface area (Å²) >= 11 is 5.85. The van der Waals surface area contributed by atoms with Crippen LogP contribution >= 0.6 is 11.6 Å². The van der Waals surface area contributed by atoms with Crippen molar-refractivity contribution in [3.05, 3.63) is 53.1 Å². The summed E-state index contributed by atoms with van der Waals surface area (Å²) in [6, 6.07) is 13.3. The monoisotopic (exact) mass is 401 g/mol. The van der Waals surface area contributed by atoms with Gasteiger partial charge < -0.3 is 5.32 Å². The second kappa shape index (κ2) is 6.25. The summed E-state index contributed by atoms with van der Waals surface area (Å²) in [5, 5.41) is 12.4. The van der Waals surface area contributed by atoms with Gasteiger partial charge in [-0.3, -0.25) is 9.10 Å². The SMILES string of the molecule is N#CC1(C(=O)Nc2ccc3c(c2)N(S(=O)(=O)c2ccc(Cl)cc2)CC3)CC1. The van der Waals surface area contributed by atoms with Crippen molar-refractivity contribution in [1.82, 2.24) is 0 Å². The molecule has 0 unspecified atom stereocenters. The minimum Gasteiger partial charge on any atom is -0.325 e. The average Bonchev–Trinajstić information content (AvgIpc) is 3.34. The molecule has 2 aromatic carbocycles. The van der Waals surface area contributed by atoms with E-state index in [1.165, 1.54) is 16.4 Å². The Balaban J connectivity index is 1.64. The first-order valence-corrected chi connectivity index (χ1v) is 10.3. The molecule has 2 aromatic rings. The van der Waals surface area contributed by atoms with E-state index in [4.69, 9.17) is 16.9 Å². The molecular formula is C19H16ClN3O3S. The summed E-state index contributed by atoms with van der Waals surface area (Å²) in [6.07, 6.45) is 1.70. The summed E-state index contributed by atoms with van der Waals surface area (Å²) in [4.78, 5) is 12.4. The molecule has 1 aliphatic heterocycles. The van der Waals surface area contributed by atoms with Crippen molar-refractivity contribution in [3.63, 3.8) is 0 Å². The maximum atomic E-state index is 13.0. The van der Waals surface area contributed by atoms with Gasteiger partial charge in [0.25, 0.3) is 10.0 Å². The number of fused-ring (bicyclic) bond motifs is 1. The van der Waals surface area contributed by atoms with Gasteiger partial charge in [-0.2, -0.15) is 5.26 Å². The van der Waals surface area contributed by atoms with Gasteiger partial charge in [-0.25, -0.2) is 8.42 Å². The lowest BCUT2D eigenvalue weighted by Gasteiger charge is -2.20. The van der Waals surface area contributed by atoms with E-state index in [-0.39, 0.29) is 10.8 Å². The highest BCUT2D eigenvalue weighted by Crippen LogP contribution is 2.46. The van der Waals surface area contributed by atoms with Crippen LogP contribution in [0, 0.1) is 16.7 Å². The third-order valence-corrected chi connectivity index (χ3v) is 7.08. The van der Waals surface area contributed by atoms with Crippen LogP contribution in [0.15, 0.2) is 47.4 Å². The van der Waals surface area contributed by atoms with Gasteiger partial charge in [0, 0.05) is 17.3 Å². The molecular weight excluding hydrogens is 386 g/mol. The molecule has 0 aromatic heterocycles. The molecule has 0 atom stereocenters. The Kier molecular flexibility index (Phi) is 4.13. The molecule has 8 heteroatoms. The Bertz CT molecular complexity index is 1070. The van der Waals surface area contributed by atoms with E-state index in [2.05, 4.69) is 11.4 Å². The summed E-state index contributed by atoms with van der Waals surface area (Å²) in [5.41, 5.74) is 0.989. The molecule has 0 spiro atoms. The quantitative estimate of drug-likeness (QED) is 0.850. The Labute approximate surface area is 162 Å². The number of nitriles is 1. The first kappa shape index (κ1) is 17.8. The number of carbonyl (C=O) groups excluding carboxylic acids is 1. The third-order valence-electron chi connectivity index (χ3n) is 5.00. The zero-order valence-electron chi connectivity index (χ0n) is 14.3. The predicted octanol–water partition coefficient (Wildman–Crippen LogP) is 3.33. The number of sulfonamides is 1. The fourth-order valence-corrected chi connectivity index (χ4v) is 4.80. The van der Waals surface area contributed by atoms with Crippen LogP contribution in [0.2, 0.25) is 5.02 Å². The van der Waals surface area contributed by atoms with E-state index in [0.717, 1.165) is 5.56 Å². The van der Waals surface area contributed by atoms with Gasteiger partial charge in [0.15, 0.2) is 0 Å².